The molecule has 0 saturated carbocycles. The average molecular weight is 449 g/mol. The Labute approximate surface area is 174 Å². The maximum atomic E-state index is 13.5. The van der Waals surface area contributed by atoms with Crippen molar-refractivity contribution in [1.29, 1.82) is 0 Å². The Morgan fingerprint density at radius 3 is 2.48 bits per heavy atom. The summed E-state index contributed by atoms with van der Waals surface area (Å²) >= 11 is 0. The van der Waals surface area contributed by atoms with Crippen LogP contribution in [0.4, 0.5) is 27.6 Å². The summed E-state index contributed by atoms with van der Waals surface area (Å²) in [7, 11) is 1.14. The van der Waals surface area contributed by atoms with Gasteiger partial charge in [0.15, 0.2) is 17.7 Å². The normalized spacial score (nSPS) is 18.2. The Kier molecular flexibility index (Phi) is 8.63. The number of anilines is 1. The molecule has 0 bridgehead atoms. The van der Waals surface area contributed by atoms with Gasteiger partial charge in [0, 0.05) is 17.9 Å². The summed E-state index contributed by atoms with van der Waals surface area (Å²) in [6, 6.07) is 2.10. The molecule has 12 heteroatoms. The number of benzene rings is 1. The molecule has 1 aliphatic rings. The van der Waals surface area contributed by atoms with Gasteiger partial charge in [0.05, 0.1) is 38.4 Å². The first-order valence-corrected chi connectivity index (χ1v) is 9.03. The zero-order valence-corrected chi connectivity index (χ0v) is 16.3. The van der Waals surface area contributed by atoms with E-state index in [1.54, 1.807) is 0 Å². The van der Waals surface area contributed by atoms with Crippen LogP contribution in [-0.4, -0.2) is 54.1 Å². The monoisotopic (exact) mass is 449 g/mol. The number of aliphatic hydroxyl groups is 1. The number of hydrogen-bond acceptors (Lipinski definition) is 6. The minimum absolute atomic E-state index is 0.0282. The van der Waals surface area contributed by atoms with Crippen molar-refractivity contribution in [3.63, 3.8) is 0 Å². The van der Waals surface area contributed by atoms with E-state index >= 15 is 0 Å². The molecule has 1 amide bonds. The predicted molar refractivity (Wildman–Crippen MR) is 98.6 cm³/mol. The number of nitrogens with one attached hydrogen (secondary N) is 1. The quantitative estimate of drug-likeness (QED) is 0.520. The minimum Gasteiger partial charge on any atom is -0.493 e. The summed E-state index contributed by atoms with van der Waals surface area (Å²) in [6.45, 7) is -0.175. The number of amides is 1. The van der Waals surface area contributed by atoms with Crippen molar-refractivity contribution >= 4 is 12.1 Å². The highest BCUT2D eigenvalue weighted by molar-refractivity contribution is 5.69. The second kappa shape index (κ2) is 11.0. The van der Waals surface area contributed by atoms with E-state index in [0.717, 1.165) is 13.2 Å². The number of hydrogen-bond donors (Lipinski definition) is 2. The van der Waals surface area contributed by atoms with Gasteiger partial charge in [-0.3, -0.25) is 4.79 Å². The molecule has 0 radical (unpaired) electrons. The third kappa shape index (κ3) is 6.56. The van der Waals surface area contributed by atoms with Gasteiger partial charge < -0.3 is 19.9 Å². The van der Waals surface area contributed by atoms with Crippen LogP contribution in [-0.2, 0) is 16.0 Å². The lowest BCUT2D eigenvalue weighted by Crippen LogP contribution is -2.27. The number of nitrogens with zero attached hydrogens (tertiary/aromatic N) is 2. The van der Waals surface area contributed by atoms with Gasteiger partial charge in [0.1, 0.15) is 5.82 Å². The standard InChI is InChI=1S/C12H11F5O2.C7H9N3O2/c1-18-11-7(2-3-8(13)10(11)14)6-4-9(19-5-6)12(15,16)17;11-2-1-7-8-3-6(4-9-7)10-5-12/h2-3,6,9H,4-5H2,1H3;3-5,11H,1-2H2,(H,10,12). The van der Waals surface area contributed by atoms with E-state index in [9.17, 15) is 26.7 Å². The molecule has 3 rings (SSSR count). The topological polar surface area (TPSA) is 93.6 Å². The maximum Gasteiger partial charge on any atom is 0.414 e. The van der Waals surface area contributed by atoms with Crippen molar-refractivity contribution in [1.82, 2.24) is 9.97 Å². The number of halogens is 5. The molecule has 7 nitrogen and oxygen atoms in total. The summed E-state index contributed by atoms with van der Waals surface area (Å²) < 4.78 is 73.4. The molecule has 0 spiro atoms. The molecule has 170 valence electrons. The average Bonchev–Trinajstić information content (AvgIpc) is 3.23. The third-order valence-electron chi connectivity index (χ3n) is 4.35. The second-order valence-electron chi connectivity index (χ2n) is 6.40. The van der Waals surface area contributed by atoms with Crippen LogP contribution in [0.15, 0.2) is 24.5 Å². The number of carbonyl (C=O) groups excluding carboxylic acids is 1. The lowest BCUT2D eigenvalue weighted by Gasteiger charge is -2.15. The van der Waals surface area contributed by atoms with Crippen LogP contribution in [0.1, 0.15) is 23.7 Å². The van der Waals surface area contributed by atoms with E-state index in [1.165, 1.54) is 18.5 Å². The maximum absolute atomic E-state index is 13.5. The molecule has 1 aromatic carbocycles. The van der Waals surface area contributed by atoms with Crippen molar-refractivity contribution in [2.24, 2.45) is 0 Å². The number of methoxy groups -OCH3 is 1. The Bertz CT molecular complexity index is 865. The number of carbonyl (C=O) groups is 1. The number of alkyl halides is 3. The molecule has 2 unspecified atom stereocenters. The fourth-order valence-electron chi connectivity index (χ4n) is 2.87. The zero-order valence-electron chi connectivity index (χ0n) is 16.3. The Morgan fingerprint density at radius 1 is 1.29 bits per heavy atom. The van der Waals surface area contributed by atoms with Crippen LogP contribution in [0.25, 0.3) is 0 Å². The van der Waals surface area contributed by atoms with Crippen molar-refractivity contribution in [3.05, 3.63) is 47.5 Å². The van der Waals surface area contributed by atoms with Gasteiger partial charge >= 0.3 is 6.18 Å². The molecule has 2 heterocycles. The molecule has 1 fully saturated rings. The highest BCUT2D eigenvalue weighted by Gasteiger charge is 2.46. The van der Waals surface area contributed by atoms with E-state index in [2.05, 4.69) is 20.0 Å². The molecule has 2 aromatic rings. The zero-order chi connectivity index (χ0) is 23.0. The highest BCUT2D eigenvalue weighted by atomic mass is 19.4. The van der Waals surface area contributed by atoms with Crippen molar-refractivity contribution in [2.75, 3.05) is 25.6 Å². The van der Waals surface area contributed by atoms with E-state index in [-0.39, 0.29) is 30.9 Å². The van der Waals surface area contributed by atoms with E-state index in [0.29, 0.717) is 24.3 Å². The number of rotatable bonds is 6. The van der Waals surface area contributed by atoms with Gasteiger partial charge in [-0.25, -0.2) is 14.4 Å². The van der Waals surface area contributed by atoms with Gasteiger partial charge in [-0.2, -0.15) is 17.6 Å². The molecular weight excluding hydrogens is 429 g/mol. The van der Waals surface area contributed by atoms with E-state index < -0.39 is 29.8 Å². The van der Waals surface area contributed by atoms with Crippen LogP contribution >= 0.6 is 0 Å². The second-order valence-corrected chi connectivity index (χ2v) is 6.40. The van der Waals surface area contributed by atoms with Crippen molar-refractivity contribution < 1.29 is 41.3 Å². The van der Waals surface area contributed by atoms with E-state index in [1.807, 2.05) is 0 Å². The van der Waals surface area contributed by atoms with Crippen LogP contribution in [0, 0.1) is 11.6 Å². The summed E-state index contributed by atoms with van der Waals surface area (Å²) in [5.74, 6) is -2.77. The van der Waals surface area contributed by atoms with Gasteiger partial charge in [-0.15, -0.1) is 0 Å². The Morgan fingerprint density at radius 2 is 1.97 bits per heavy atom. The van der Waals surface area contributed by atoms with Crippen molar-refractivity contribution in [3.8, 4) is 5.75 Å². The Balaban J connectivity index is 0.000000245. The van der Waals surface area contributed by atoms with Gasteiger partial charge in [-0.1, -0.05) is 6.07 Å². The van der Waals surface area contributed by atoms with Crippen LogP contribution in [0.3, 0.4) is 0 Å². The lowest BCUT2D eigenvalue weighted by atomic mass is 9.95. The number of ether oxygens (including phenoxy) is 2. The summed E-state index contributed by atoms with van der Waals surface area (Å²) in [5, 5.41) is 10.9. The van der Waals surface area contributed by atoms with Crippen LogP contribution in [0.2, 0.25) is 0 Å². The third-order valence-corrected chi connectivity index (χ3v) is 4.35. The minimum atomic E-state index is -4.46. The Hall–Kier alpha value is -2.86. The van der Waals surface area contributed by atoms with Crippen molar-refractivity contribution in [2.45, 2.75) is 31.0 Å². The van der Waals surface area contributed by atoms with Gasteiger partial charge in [0.2, 0.25) is 12.2 Å². The molecule has 1 saturated heterocycles. The first kappa shape index (κ1) is 24.4. The first-order chi connectivity index (χ1) is 14.7. The fraction of sp³-hybridized carbons (Fsp3) is 0.421. The molecule has 1 aliphatic heterocycles. The number of aliphatic hydroxyl groups excluding tert-OH is 1. The first-order valence-electron chi connectivity index (χ1n) is 9.03. The van der Waals surface area contributed by atoms with Gasteiger partial charge in [-0.05, 0) is 12.5 Å². The van der Waals surface area contributed by atoms with Crippen LogP contribution < -0.4 is 10.1 Å². The summed E-state index contributed by atoms with van der Waals surface area (Å²) in [4.78, 5) is 17.8. The molecule has 0 aliphatic carbocycles. The summed E-state index contributed by atoms with van der Waals surface area (Å²) in [6.07, 6.45) is -2.69. The largest absolute Gasteiger partial charge is 0.493 e. The summed E-state index contributed by atoms with van der Waals surface area (Å²) in [5.41, 5.74) is 0.736. The number of aromatic nitrogens is 2. The van der Waals surface area contributed by atoms with Crippen LogP contribution in [0.5, 0.6) is 5.75 Å². The molecule has 2 atom stereocenters. The molecule has 1 aromatic heterocycles. The van der Waals surface area contributed by atoms with Gasteiger partial charge in [0.25, 0.3) is 0 Å². The SMILES string of the molecule is COc1c(C2COC(C(F)(F)F)C2)ccc(F)c1F.O=CNc1cnc(CCO)nc1. The predicted octanol–water partition coefficient (Wildman–Crippen LogP) is 2.99. The molecule has 31 heavy (non-hydrogen) atoms. The lowest BCUT2D eigenvalue weighted by molar-refractivity contribution is -0.206. The molecular formula is C19H20F5N3O4. The smallest absolute Gasteiger partial charge is 0.414 e. The fourth-order valence-corrected chi connectivity index (χ4v) is 2.87. The van der Waals surface area contributed by atoms with E-state index in [4.69, 9.17) is 9.84 Å². The molecule has 2 N–H and O–H groups in total. The highest BCUT2D eigenvalue weighted by Crippen LogP contribution is 2.41.